The minimum atomic E-state index is -4.88. The van der Waals surface area contributed by atoms with Crippen molar-refractivity contribution in [2.24, 2.45) is 0 Å². The van der Waals surface area contributed by atoms with Gasteiger partial charge >= 0.3 is 12.4 Å². The molecule has 0 aliphatic heterocycles. The highest BCUT2D eigenvalue weighted by Gasteiger charge is 2.37. The van der Waals surface area contributed by atoms with Crippen molar-refractivity contribution >= 4 is 17.4 Å². The van der Waals surface area contributed by atoms with Crippen molar-refractivity contribution in [1.82, 2.24) is 9.97 Å². The lowest BCUT2D eigenvalue weighted by Gasteiger charge is -2.23. The molecule has 0 aliphatic carbocycles. The molecule has 0 N–H and O–H groups in total. The summed E-state index contributed by atoms with van der Waals surface area (Å²) in [4.78, 5) is 6.63. The average molecular weight is 308 g/mol. The quantitative estimate of drug-likeness (QED) is 0.632. The Morgan fingerprint density at radius 3 is 2.16 bits per heavy atom. The van der Waals surface area contributed by atoms with E-state index >= 15 is 0 Å². The Bertz CT molecular complexity index is 445. The normalized spacial score (nSPS) is 12.6. The largest absolute Gasteiger partial charge is 0.451 e. The first-order valence-corrected chi connectivity index (χ1v) is 5.34. The SMILES string of the molecule is CCN(CC(F)(F)F)c1cc(Cl)nc(C(F)(F)F)n1. The molecule has 10 heteroatoms. The van der Waals surface area contributed by atoms with Crippen molar-refractivity contribution in [2.45, 2.75) is 19.3 Å². The maximum Gasteiger partial charge on any atom is 0.451 e. The van der Waals surface area contributed by atoms with Crippen LogP contribution in [0.15, 0.2) is 6.07 Å². The molecule has 3 nitrogen and oxygen atoms in total. The van der Waals surface area contributed by atoms with Gasteiger partial charge in [-0.2, -0.15) is 26.3 Å². The van der Waals surface area contributed by atoms with E-state index in [-0.39, 0.29) is 6.54 Å². The highest BCUT2D eigenvalue weighted by atomic mass is 35.5. The van der Waals surface area contributed by atoms with Crippen LogP contribution in [0.25, 0.3) is 0 Å². The molecule has 0 saturated heterocycles. The topological polar surface area (TPSA) is 29.0 Å². The van der Waals surface area contributed by atoms with Gasteiger partial charge in [-0.15, -0.1) is 0 Å². The van der Waals surface area contributed by atoms with Gasteiger partial charge in [0.2, 0.25) is 5.82 Å². The van der Waals surface area contributed by atoms with Crippen LogP contribution in [0.1, 0.15) is 12.7 Å². The summed E-state index contributed by atoms with van der Waals surface area (Å²) in [6.45, 7) is -0.243. The number of aromatic nitrogens is 2. The molecular formula is C9H8ClF6N3. The second kappa shape index (κ2) is 5.40. The van der Waals surface area contributed by atoms with E-state index in [4.69, 9.17) is 11.6 Å². The van der Waals surface area contributed by atoms with Gasteiger partial charge in [0.15, 0.2) is 0 Å². The Morgan fingerprint density at radius 1 is 1.16 bits per heavy atom. The molecule has 1 heterocycles. The highest BCUT2D eigenvalue weighted by Crippen LogP contribution is 2.30. The summed E-state index contributed by atoms with van der Waals surface area (Å²) >= 11 is 5.37. The van der Waals surface area contributed by atoms with Crippen LogP contribution < -0.4 is 4.90 Å². The number of hydrogen-bond donors (Lipinski definition) is 0. The Balaban J connectivity index is 3.14. The van der Waals surface area contributed by atoms with Gasteiger partial charge in [0, 0.05) is 12.6 Å². The predicted octanol–water partition coefficient (Wildman–Crippen LogP) is 3.54. The molecule has 0 amide bonds. The van der Waals surface area contributed by atoms with Gasteiger partial charge in [-0.25, -0.2) is 9.97 Å². The molecule has 0 atom stereocenters. The molecule has 0 bridgehead atoms. The second-order valence-corrected chi connectivity index (χ2v) is 3.89. The van der Waals surface area contributed by atoms with Gasteiger partial charge in [-0.1, -0.05) is 11.6 Å². The highest BCUT2D eigenvalue weighted by molar-refractivity contribution is 6.29. The van der Waals surface area contributed by atoms with E-state index in [0.717, 1.165) is 6.07 Å². The molecule has 108 valence electrons. The fourth-order valence-corrected chi connectivity index (χ4v) is 1.44. The maximum atomic E-state index is 12.4. The lowest BCUT2D eigenvalue weighted by molar-refractivity contribution is -0.144. The molecule has 0 aliphatic rings. The van der Waals surface area contributed by atoms with Gasteiger partial charge in [0.1, 0.15) is 17.5 Å². The van der Waals surface area contributed by atoms with Crippen molar-refractivity contribution in [2.75, 3.05) is 18.0 Å². The average Bonchev–Trinajstić information content (AvgIpc) is 2.22. The van der Waals surface area contributed by atoms with E-state index in [1.807, 2.05) is 0 Å². The summed E-state index contributed by atoms with van der Waals surface area (Å²) in [5.41, 5.74) is 0. The third kappa shape index (κ3) is 4.73. The minimum Gasteiger partial charge on any atom is -0.348 e. The van der Waals surface area contributed by atoms with E-state index in [2.05, 4.69) is 9.97 Å². The summed E-state index contributed by atoms with van der Waals surface area (Å²) in [6, 6.07) is 0.853. The number of halogens is 7. The van der Waals surface area contributed by atoms with Crippen molar-refractivity contribution in [1.29, 1.82) is 0 Å². The Labute approximate surface area is 109 Å². The number of alkyl halides is 6. The van der Waals surface area contributed by atoms with E-state index < -0.39 is 35.7 Å². The molecule has 1 aromatic rings. The van der Waals surface area contributed by atoms with Crippen LogP contribution in [0.4, 0.5) is 32.2 Å². The first-order chi connectivity index (χ1) is 8.53. The molecule has 0 unspecified atom stereocenters. The van der Waals surface area contributed by atoms with Crippen LogP contribution in [0.5, 0.6) is 0 Å². The van der Waals surface area contributed by atoms with E-state index in [9.17, 15) is 26.3 Å². The van der Waals surface area contributed by atoms with Crippen LogP contribution in [0.2, 0.25) is 5.15 Å². The molecule has 1 aromatic heterocycles. The van der Waals surface area contributed by atoms with Crippen LogP contribution in [-0.2, 0) is 6.18 Å². The summed E-state index contributed by atoms with van der Waals surface area (Å²) in [5, 5.41) is -0.571. The first-order valence-electron chi connectivity index (χ1n) is 4.96. The fourth-order valence-electron chi connectivity index (χ4n) is 1.27. The van der Waals surface area contributed by atoms with Crippen LogP contribution in [0.3, 0.4) is 0 Å². The molecule has 0 radical (unpaired) electrons. The van der Waals surface area contributed by atoms with Crippen LogP contribution in [-0.4, -0.2) is 29.2 Å². The Morgan fingerprint density at radius 2 is 1.74 bits per heavy atom. The number of rotatable bonds is 3. The summed E-state index contributed by atoms with van der Waals surface area (Å²) < 4.78 is 74.1. The molecule has 0 fully saturated rings. The monoisotopic (exact) mass is 307 g/mol. The summed E-state index contributed by atoms with van der Waals surface area (Å²) in [6.07, 6.45) is -9.44. The Hall–Kier alpha value is -1.25. The molecule has 1 rings (SSSR count). The smallest absolute Gasteiger partial charge is 0.348 e. The standard InChI is InChI=1S/C9H8ClF6N3/c1-2-19(4-8(11,12)13)6-3-5(10)17-7(18-6)9(14,15)16/h3H,2,4H2,1H3. The van der Waals surface area contributed by atoms with Gasteiger partial charge < -0.3 is 4.90 Å². The molecule has 0 saturated carbocycles. The van der Waals surface area contributed by atoms with E-state index in [1.54, 1.807) is 0 Å². The third-order valence-electron chi connectivity index (χ3n) is 2.01. The van der Waals surface area contributed by atoms with Gasteiger partial charge in [0.25, 0.3) is 0 Å². The Kier molecular flexibility index (Phi) is 4.49. The van der Waals surface area contributed by atoms with Crippen molar-refractivity contribution in [3.63, 3.8) is 0 Å². The third-order valence-corrected chi connectivity index (χ3v) is 2.20. The van der Waals surface area contributed by atoms with Gasteiger partial charge in [-0.05, 0) is 6.92 Å². The number of nitrogens with zero attached hydrogens (tertiary/aromatic N) is 3. The van der Waals surface area contributed by atoms with Crippen molar-refractivity contribution < 1.29 is 26.3 Å². The fraction of sp³-hybridized carbons (Fsp3) is 0.556. The zero-order valence-corrected chi connectivity index (χ0v) is 10.2. The zero-order chi connectivity index (χ0) is 14.8. The maximum absolute atomic E-state index is 12.4. The van der Waals surface area contributed by atoms with E-state index in [1.165, 1.54) is 6.92 Å². The second-order valence-electron chi connectivity index (χ2n) is 3.50. The van der Waals surface area contributed by atoms with Crippen molar-refractivity contribution in [3.8, 4) is 0 Å². The zero-order valence-electron chi connectivity index (χ0n) is 9.48. The number of anilines is 1. The lowest BCUT2D eigenvalue weighted by Crippen LogP contribution is -2.35. The van der Waals surface area contributed by atoms with E-state index in [0.29, 0.717) is 4.90 Å². The predicted molar refractivity (Wildman–Crippen MR) is 56.0 cm³/mol. The summed E-state index contributed by atoms with van der Waals surface area (Å²) in [7, 11) is 0. The molecular weight excluding hydrogens is 300 g/mol. The van der Waals surface area contributed by atoms with Gasteiger partial charge in [-0.3, -0.25) is 0 Å². The minimum absolute atomic E-state index is 0.176. The van der Waals surface area contributed by atoms with Crippen LogP contribution in [0, 0.1) is 0 Å². The molecule has 19 heavy (non-hydrogen) atoms. The molecule has 0 aromatic carbocycles. The first kappa shape index (κ1) is 15.8. The van der Waals surface area contributed by atoms with Gasteiger partial charge in [0.05, 0.1) is 0 Å². The van der Waals surface area contributed by atoms with Crippen molar-refractivity contribution in [3.05, 3.63) is 17.0 Å². The molecule has 0 spiro atoms. The number of hydrogen-bond acceptors (Lipinski definition) is 3. The lowest BCUT2D eigenvalue weighted by atomic mass is 10.4. The summed E-state index contributed by atoms with van der Waals surface area (Å²) in [5.74, 6) is -2.09. The van der Waals surface area contributed by atoms with Crippen LogP contribution >= 0.6 is 11.6 Å².